The third-order valence-electron chi connectivity index (χ3n) is 4.33. The minimum absolute atomic E-state index is 0.00338. The summed E-state index contributed by atoms with van der Waals surface area (Å²) in [6.07, 6.45) is 4.40. The van der Waals surface area contributed by atoms with Crippen LogP contribution in [0.25, 0.3) is 0 Å². The van der Waals surface area contributed by atoms with Crippen molar-refractivity contribution in [1.82, 2.24) is 5.43 Å². The summed E-state index contributed by atoms with van der Waals surface area (Å²) >= 11 is 0. The van der Waals surface area contributed by atoms with Crippen molar-refractivity contribution in [2.45, 2.75) is 44.2 Å². The van der Waals surface area contributed by atoms with E-state index in [2.05, 4.69) is 18.4 Å². The molecular formula is C15H24N2O2. The SMILES string of the molecule is COc1ccc(C(CC2(OC)CCC2)NN)c(C)c1. The number of hydrogen-bond acceptors (Lipinski definition) is 4. The molecule has 0 spiro atoms. The Hall–Kier alpha value is -1.10. The van der Waals surface area contributed by atoms with E-state index >= 15 is 0 Å². The quantitative estimate of drug-likeness (QED) is 0.612. The fourth-order valence-corrected chi connectivity index (χ4v) is 2.86. The summed E-state index contributed by atoms with van der Waals surface area (Å²) in [6.45, 7) is 2.09. The molecule has 4 heteroatoms. The largest absolute Gasteiger partial charge is 0.497 e. The first kappa shape index (κ1) is 14.3. The molecule has 1 aliphatic carbocycles. The first-order chi connectivity index (χ1) is 9.14. The maximum absolute atomic E-state index is 5.75. The van der Waals surface area contributed by atoms with Crippen LogP contribution >= 0.6 is 0 Å². The van der Waals surface area contributed by atoms with Crippen LogP contribution in [0.15, 0.2) is 18.2 Å². The highest BCUT2D eigenvalue weighted by Gasteiger charge is 2.39. The Kier molecular flexibility index (Phi) is 4.45. The molecule has 3 N–H and O–H groups in total. The molecule has 19 heavy (non-hydrogen) atoms. The van der Waals surface area contributed by atoms with Gasteiger partial charge in [-0.1, -0.05) is 6.07 Å². The Morgan fingerprint density at radius 3 is 2.53 bits per heavy atom. The van der Waals surface area contributed by atoms with E-state index in [0.29, 0.717) is 0 Å². The van der Waals surface area contributed by atoms with Crippen LogP contribution in [0, 0.1) is 6.92 Å². The Balaban J connectivity index is 2.17. The lowest BCUT2D eigenvalue weighted by Crippen LogP contribution is -2.44. The van der Waals surface area contributed by atoms with Crippen molar-refractivity contribution < 1.29 is 9.47 Å². The van der Waals surface area contributed by atoms with Gasteiger partial charge in [0.1, 0.15) is 5.75 Å². The summed E-state index contributed by atoms with van der Waals surface area (Å²) < 4.78 is 10.9. The van der Waals surface area contributed by atoms with Gasteiger partial charge in [0.15, 0.2) is 0 Å². The molecule has 1 aliphatic rings. The standard InChI is InChI=1S/C15H24N2O2/c1-11-9-12(18-2)5-6-13(11)14(17-16)10-15(19-3)7-4-8-15/h5-6,9,14,17H,4,7-8,10,16H2,1-3H3. The van der Waals surface area contributed by atoms with Crippen LogP contribution in [-0.4, -0.2) is 19.8 Å². The van der Waals surface area contributed by atoms with E-state index in [9.17, 15) is 0 Å². The molecule has 0 bridgehead atoms. The van der Waals surface area contributed by atoms with Gasteiger partial charge in [-0.25, -0.2) is 0 Å². The fraction of sp³-hybridized carbons (Fsp3) is 0.600. The number of hydrogen-bond donors (Lipinski definition) is 2. The van der Waals surface area contributed by atoms with E-state index in [1.54, 1.807) is 14.2 Å². The minimum Gasteiger partial charge on any atom is -0.497 e. The summed E-state index contributed by atoms with van der Waals surface area (Å²) in [7, 11) is 3.48. The zero-order valence-corrected chi connectivity index (χ0v) is 12.0. The third kappa shape index (κ3) is 2.91. The number of benzene rings is 1. The van der Waals surface area contributed by atoms with Crippen LogP contribution in [0.3, 0.4) is 0 Å². The number of hydrazine groups is 1. The van der Waals surface area contributed by atoms with Crippen LogP contribution in [-0.2, 0) is 4.74 Å². The van der Waals surface area contributed by atoms with E-state index in [1.807, 2.05) is 12.1 Å². The first-order valence-electron chi connectivity index (χ1n) is 6.80. The zero-order valence-electron chi connectivity index (χ0n) is 12.0. The summed E-state index contributed by atoms with van der Waals surface area (Å²) in [5.74, 6) is 6.63. The van der Waals surface area contributed by atoms with Crippen LogP contribution in [0.2, 0.25) is 0 Å². The molecular weight excluding hydrogens is 240 g/mol. The van der Waals surface area contributed by atoms with E-state index in [1.165, 1.54) is 17.5 Å². The van der Waals surface area contributed by atoms with Crippen molar-refractivity contribution in [2.75, 3.05) is 14.2 Å². The average molecular weight is 264 g/mol. The van der Waals surface area contributed by atoms with Crippen molar-refractivity contribution in [3.05, 3.63) is 29.3 Å². The second-order valence-electron chi connectivity index (χ2n) is 5.39. The van der Waals surface area contributed by atoms with Crippen molar-refractivity contribution in [1.29, 1.82) is 0 Å². The molecule has 1 fully saturated rings. The molecule has 0 aromatic heterocycles. The number of ether oxygens (including phenoxy) is 2. The van der Waals surface area contributed by atoms with Crippen LogP contribution < -0.4 is 16.0 Å². The van der Waals surface area contributed by atoms with Gasteiger partial charge in [0.2, 0.25) is 0 Å². The van der Waals surface area contributed by atoms with E-state index in [4.69, 9.17) is 15.3 Å². The Labute approximate surface area is 115 Å². The number of methoxy groups -OCH3 is 2. The monoisotopic (exact) mass is 264 g/mol. The number of nitrogens with one attached hydrogen (secondary N) is 1. The van der Waals surface area contributed by atoms with Crippen molar-refractivity contribution in [3.8, 4) is 5.75 Å². The Morgan fingerprint density at radius 2 is 2.11 bits per heavy atom. The lowest BCUT2D eigenvalue weighted by atomic mass is 9.74. The number of aryl methyl sites for hydroxylation is 1. The maximum atomic E-state index is 5.75. The van der Waals surface area contributed by atoms with Gasteiger partial charge in [0.05, 0.1) is 12.7 Å². The molecule has 1 aromatic carbocycles. The van der Waals surface area contributed by atoms with Gasteiger partial charge >= 0.3 is 0 Å². The molecule has 0 radical (unpaired) electrons. The number of rotatable bonds is 6. The Bertz CT molecular complexity index is 425. The highest BCUT2D eigenvalue weighted by atomic mass is 16.5. The molecule has 0 heterocycles. The van der Waals surface area contributed by atoms with E-state index in [0.717, 1.165) is 25.0 Å². The smallest absolute Gasteiger partial charge is 0.119 e. The van der Waals surface area contributed by atoms with Crippen LogP contribution in [0.1, 0.15) is 42.9 Å². The lowest BCUT2D eigenvalue weighted by Gasteiger charge is -2.43. The molecule has 0 saturated heterocycles. The highest BCUT2D eigenvalue weighted by Crippen LogP contribution is 2.42. The van der Waals surface area contributed by atoms with Gasteiger partial charge in [-0.2, -0.15) is 0 Å². The predicted molar refractivity (Wildman–Crippen MR) is 76.0 cm³/mol. The first-order valence-corrected chi connectivity index (χ1v) is 6.80. The van der Waals surface area contributed by atoms with E-state index in [-0.39, 0.29) is 11.6 Å². The molecule has 1 saturated carbocycles. The average Bonchev–Trinajstić information content (AvgIpc) is 2.39. The van der Waals surface area contributed by atoms with E-state index < -0.39 is 0 Å². The van der Waals surface area contributed by atoms with Crippen molar-refractivity contribution in [2.24, 2.45) is 5.84 Å². The molecule has 1 aromatic rings. The van der Waals surface area contributed by atoms with Gasteiger partial charge in [0, 0.05) is 13.2 Å². The molecule has 0 amide bonds. The van der Waals surface area contributed by atoms with Gasteiger partial charge < -0.3 is 9.47 Å². The number of nitrogens with two attached hydrogens (primary N) is 1. The molecule has 106 valence electrons. The summed E-state index contributed by atoms with van der Waals surface area (Å²) in [5.41, 5.74) is 5.34. The summed E-state index contributed by atoms with van der Waals surface area (Å²) in [4.78, 5) is 0. The summed E-state index contributed by atoms with van der Waals surface area (Å²) in [5, 5.41) is 0. The van der Waals surface area contributed by atoms with Gasteiger partial charge in [-0.3, -0.25) is 11.3 Å². The molecule has 4 nitrogen and oxygen atoms in total. The molecule has 0 aliphatic heterocycles. The maximum Gasteiger partial charge on any atom is 0.119 e. The van der Waals surface area contributed by atoms with Gasteiger partial charge in [-0.05, 0) is 55.9 Å². The van der Waals surface area contributed by atoms with Crippen molar-refractivity contribution in [3.63, 3.8) is 0 Å². The lowest BCUT2D eigenvalue weighted by molar-refractivity contribution is -0.0838. The third-order valence-corrected chi connectivity index (χ3v) is 4.33. The van der Waals surface area contributed by atoms with Gasteiger partial charge in [0.25, 0.3) is 0 Å². The van der Waals surface area contributed by atoms with Crippen LogP contribution in [0.4, 0.5) is 0 Å². The normalized spacial score (nSPS) is 18.7. The zero-order chi connectivity index (χ0) is 13.9. The minimum atomic E-state index is 0.00338. The Morgan fingerprint density at radius 1 is 1.37 bits per heavy atom. The molecule has 2 rings (SSSR count). The second kappa shape index (κ2) is 5.90. The predicted octanol–water partition coefficient (Wildman–Crippen LogP) is 2.47. The second-order valence-corrected chi connectivity index (χ2v) is 5.39. The molecule has 1 unspecified atom stereocenters. The summed E-state index contributed by atoms with van der Waals surface area (Å²) in [6, 6.07) is 6.22. The van der Waals surface area contributed by atoms with Crippen LogP contribution in [0.5, 0.6) is 5.75 Å². The topological polar surface area (TPSA) is 56.5 Å². The van der Waals surface area contributed by atoms with Gasteiger partial charge in [-0.15, -0.1) is 0 Å². The fourth-order valence-electron chi connectivity index (χ4n) is 2.86. The van der Waals surface area contributed by atoms with Crippen molar-refractivity contribution >= 4 is 0 Å². The highest BCUT2D eigenvalue weighted by molar-refractivity contribution is 5.36. The molecule has 1 atom stereocenters.